The van der Waals surface area contributed by atoms with Crippen LogP contribution >= 0.6 is 15.9 Å². The van der Waals surface area contributed by atoms with E-state index in [0.717, 1.165) is 17.5 Å². The highest BCUT2D eigenvalue weighted by Crippen LogP contribution is 2.12. The highest BCUT2D eigenvalue weighted by molar-refractivity contribution is 9.12. The number of nitrogens with one attached hydrogen (secondary N) is 1. The van der Waals surface area contributed by atoms with Gasteiger partial charge in [0.05, 0.1) is 4.48 Å². The Morgan fingerprint density at radius 1 is 1.07 bits per heavy atom. The van der Waals surface area contributed by atoms with E-state index < -0.39 is 5.97 Å². The highest BCUT2D eigenvalue weighted by atomic mass is 79.9. The Morgan fingerprint density at radius 2 is 1.81 bits per heavy atom. The van der Waals surface area contributed by atoms with Gasteiger partial charge in [0.1, 0.15) is 6.61 Å². The summed E-state index contributed by atoms with van der Waals surface area (Å²) in [5.74, 6) is -0.471. The van der Waals surface area contributed by atoms with Crippen LogP contribution in [0.5, 0.6) is 0 Å². The Labute approximate surface area is 168 Å². The third kappa shape index (κ3) is 7.02. The number of rotatable bonds is 8. The normalized spacial score (nSPS) is 11.1. The molecule has 0 spiro atoms. The molecule has 1 amide bonds. The number of benzene rings is 2. The van der Waals surface area contributed by atoms with Gasteiger partial charge >= 0.3 is 5.97 Å². The molecule has 0 unspecified atom stereocenters. The number of unbranched alkanes of at least 4 members (excludes halogenated alkanes) is 1. The second-order valence-corrected chi connectivity index (χ2v) is 7.17. The van der Waals surface area contributed by atoms with E-state index in [-0.39, 0.29) is 12.5 Å². The van der Waals surface area contributed by atoms with E-state index in [2.05, 4.69) is 21.2 Å². The van der Waals surface area contributed by atoms with Crippen LogP contribution in [0.4, 0.5) is 0 Å². The number of aryl methyl sites for hydroxylation is 2. The average Bonchev–Trinajstić information content (AvgIpc) is 2.68. The van der Waals surface area contributed by atoms with Gasteiger partial charge in [-0.15, -0.1) is 0 Å². The van der Waals surface area contributed by atoms with Crippen molar-refractivity contribution in [3.05, 3.63) is 81.3 Å². The highest BCUT2D eigenvalue weighted by Gasteiger charge is 2.08. The summed E-state index contributed by atoms with van der Waals surface area (Å²) >= 11 is 3.25. The van der Waals surface area contributed by atoms with Crippen LogP contribution in [0.3, 0.4) is 0 Å². The fraction of sp³-hybridized carbons (Fsp3) is 0.273. The zero-order chi connectivity index (χ0) is 19.6. The molecule has 0 heterocycles. The van der Waals surface area contributed by atoms with Gasteiger partial charge in [0.15, 0.2) is 0 Å². The van der Waals surface area contributed by atoms with Crippen molar-refractivity contribution in [1.29, 1.82) is 0 Å². The lowest BCUT2D eigenvalue weighted by Gasteiger charge is -2.07. The first-order valence-electron chi connectivity index (χ1n) is 8.89. The van der Waals surface area contributed by atoms with E-state index in [1.807, 2.05) is 62.4 Å². The summed E-state index contributed by atoms with van der Waals surface area (Å²) < 4.78 is 5.64. The molecule has 27 heavy (non-hydrogen) atoms. The number of ether oxygens (including phenoxy) is 1. The largest absolute Gasteiger partial charge is 0.457 e. The predicted molar refractivity (Wildman–Crippen MR) is 111 cm³/mol. The summed E-state index contributed by atoms with van der Waals surface area (Å²) in [5, 5.41) is 2.90. The van der Waals surface area contributed by atoms with Crippen molar-refractivity contribution in [3.8, 4) is 0 Å². The van der Waals surface area contributed by atoms with Gasteiger partial charge < -0.3 is 10.1 Å². The lowest BCUT2D eigenvalue weighted by Crippen LogP contribution is -2.24. The molecule has 5 heteroatoms. The first-order chi connectivity index (χ1) is 13.0. The molecule has 0 saturated heterocycles. The number of amides is 1. The topological polar surface area (TPSA) is 55.4 Å². The summed E-state index contributed by atoms with van der Waals surface area (Å²) in [6, 6.07) is 15.2. The van der Waals surface area contributed by atoms with Gasteiger partial charge in [0, 0.05) is 12.1 Å². The van der Waals surface area contributed by atoms with E-state index in [4.69, 9.17) is 4.74 Å². The second-order valence-electron chi connectivity index (χ2n) is 6.31. The van der Waals surface area contributed by atoms with E-state index in [9.17, 15) is 9.59 Å². The molecule has 2 aromatic carbocycles. The van der Waals surface area contributed by atoms with Crippen molar-refractivity contribution >= 4 is 27.8 Å². The molecular weight excluding hydrogens is 406 g/mol. The third-order valence-corrected chi connectivity index (χ3v) is 4.81. The molecule has 0 radical (unpaired) electrons. The van der Waals surface area contributed by atoms with Crippen LogP contribution in [0.15, 0.2) is 59.1 Å². The lowest BCUT2D eigenvalue weighted by molar-refractivity contribution is -0.139. The maximum Gasteiger partial charge on any atom is 0.345 e. The molecule has 2 aromatic rings. The van der Waals surface area contributed by atoms with Gasteiger partial charge in [0.25, 0.3) is 5.91 Å². The van der Waals surface area contributed by atoms with Gasteiger partial charge in [-0.1, -0.05) is 42.5 Å². The Kier molecular flexibility index (Phi) is 8.27. The van der Waals surface area contributed by atoms with Crippen molar-refractivity contribution in [1.82, 2.24) is 5.32 Å². The van der Waals surface area contributed by atoms with Crippen molar-refractivity contribution in [2.24, 2.45) is 0 Å². The lowest BCUT2D eigenvalue weighted by atomic mass is 10.1. The van der Waals surface area contributed by atoms with E-state index in [0.29, 0.717) is 23.0 Å². The number of esters is 1. The van der Waals surface area contributed by atoms with Crippen LogP contribution in [0, 0.1) is 13.8 Å². The number of carbonyl (C=O) groups is 2. The van der Waals surface area contributed by atoms with E-state index >= 15 is 0 Å². The molecule has 0 aliphatic rings. The van der Waals surface area contributed by atoms with Crippen molar-refractivity contribution in [2.45, 2.75) is 33.3 Å². The van der Waals surface area contributed by atoms with Crippen molar-refractivity contribution in [3.63, 3.8) is 0 Å². The smallest absolute Gasteiger partial charge is 0.345 e. The summed E-state index contributed by atoms with van der Waals surface area (Å²) in [5.41, 5.74) is 3.88. The fourth-order valence-electron chi connectivity index (χ4n) is 2.39. The number of allylic oxidation sites excluding steroid dienone is 1. The Hall–Kier alpha value is -2.40. The molecule has 0 saturated carbocycles. The monoisotopic (exact) mass is 429 g/mol. The summed E-state index contributed by atoms with van der Waals surface area (Å²) in [6.45, 7) is 4.80. The first kappa shape index (κ1) is 20.9. The van der Waals surface area contributed by atoms with E-state index in [1.54, 1.807) is 6.08 Å². The Bertz CT molecular complexity index is 816. The van der Waals surface area contributed by atoms with Gasteiger partial charge in [0.2, 0.25) is 0 Å². The Balaban J connectivity index is 1.69. The summed E-state index contributed by atoms with van der Waals surface area (Å²) in [6.07, 6.45) is 3.17. The standard InChI is InChI=1S/C22H24BrNO3/c1-16-11-12-19(14-17(16)2)21(25)24-13-7-6-10-20(23)22(26)27-15-18-8-4-3-5-9-18/h3-5,8-12,14H,6-7,13,15H2,1-2H3,(H,24,25). The molecule has 0 fully saturated rings. The Morgan fingerprint density at radius 3 is 2.52 bits per heavy atom. The van der Waals surface area contributed by atoms with Gasteiger partial charge in [-0.3, -0.25) is 4.79 Å². The number of halogens is 1. The van der Waals surface area contributed by atoms with Crippen LogP contribution < -0.4 is 5.32 Å². The van der Waals surface area contributed by atoms with Crippen molar-refractivity contribution < 1.29 is 14.3 Å². The second kappa shape index (κ2) is 10.7. The van der Waals surface area contributed by atoms with Crippen LogP contribution in [0.25, 0.3) is 0 Å². The maximum atomic E-state index is 12.1. The summed E-state index contributed by atoms with van der Waals surface area (Å²) in [4.78, 5) is 24.0. The first-order valence-corrected chi connectivity index (χ1v) is 9.69. The zero-order valence-corrected chi connectivity index (χ0v) is 17.2. The number of carbonyl (C=O) groups excluding carboxylic acids is 2. The van der Waals surface area contributed by atoms with Crippen LogP contribution in [0.2, 0.25) is 0 Å². The maximum absolute atomic E-state index is 12.1. The molecule has 0 atom stereocenters. The van der Waals surface area contributed by atoms with Crippen LogP contribution in [0.1, 0.15) is 39.9 Å². The summed E-state index contributed by atoms with van der Waals surface area (Å²) in [7, 11) is 0. The minimum atomic E-state index is -0.391. The van der Waals surface area contributed by atoms with Crippen LogP contribution in [-0.4, -0.2) is 18.4 Å². The fourth-order valence-corrected chi connectivity index (χ4v) is 2.74. The van der Waals surface area contributed by atoms with Gasteiger partial charge in [-0.2, -0.15) is 0 Å². The molecule has 142 valence electrons. The minimum Gasteiger partial charge on any atom is -0.457 e. The molecule has 0 aliphatic carbocycles. The number of hydrogen-bond acceptors (Lipinski definition) is 3. The number of hydrogen-bond donors (Lipinski definition) is 1. The van der Waals surface area contributed by atoms with Crippen LogP contribution in [-0.2, 0) is 16.1 Å². The van der Waals surface area contributed by atoms with Gasteiger partial charge in [-0.05, 0) is 71.4 Å². The molecule has 2 rings (SSSR count). The molecule has 4 nitrogen and oxygen atoms in total. The predicted octanol–water partition coefficient (Wildman–Crippen LogP) is 4.84. The van der Waals surface area contributed by atoms with E-state index in [1.165, 1.54) is 5.56 Å². The quantitative estimate of drug-likeness (QED) is 0.371. The molecule has 0 aliphatic heterocycles. The molecule has 1 N–H and O–H groups in total. The zero-order valence-electron chi connectivity index (χ0n) is 15.6. The molecule has 0 bridgehead atoms. The minimum absolute atomic E-state index is 0.0802. The van der Waals surface area contributed by atoms with Gasteiger partial charge in [-0.25, -0.2) is 4.79 Å². The third-order valence-electron chi connectivity index (χ3n) is 4.17. The molecule has 0 aromatic heterocycles. The SMILES string of the molecule is Cc1ccc(C(=O)NCCCC=C(Br)C(=O)OCc2ccccc2)cc1C. The average molecular weight is 430 g/mol. The van der Waals surface area contributed by atoms with Crippen molar-refractivity contribution in [2.75, 3.05) is 6.54 Å². The molecular formula is C22H24BrNO3.